The fourth-order valence-electron chi connectivity index (χ4n) is 2.60. The van der Waals surface area contributed by atoms with Crippen LogP contribution in [0.15, 0.2) is 22.7 Å². The molecule has 0 saturated heterocycles. The maximum Gasteiger partial charge on any atom is 0.263 e. The minimum atomic E-state index is -0.0508. The molecule has 1 heterocycles. The molecule has 0 aliphatic heterocycles. The number of rotatable bonds is 4. The van der Waals surface area contributed by atoms with Gasteiger partial charge in [0.05, 0.1) is 5.69 Å². The van der Waals surface area contributed by atoms with Gasteiger partial charge in [-0.1, -0.05) is 28.4 Å². The number of fused-ring (bicyclic) bond motifs is 1. The van der Waals surface area contributed by atoms with Gasteiger partial charge in [0, 0.05) is 25.9 Å². The van der Waals surface area contributed by atoms with Crippen molar-refractivity contribution in [3.05, 3.63) is 27.5 Å². The molecule has 1 fully saturated rings. The van der Waals surface area contributed by atoms with Gasteiger partial charge in [-0.25, -0.2) is 0 Å². The summed E-state index contributed by atoms with van der Waals surface area (Å²) >= 11 is 6.76. The van der Waals surface area contributed by atoms with E-state index in [-0.39, 0.29) is 10.7 Å². The second-order valence-electron chi connectivity index (χ2n) is 5.41. The molecule has 0 spiro atoms. The molecule has 0 atom stereocenters. The molecule has 1 aromatic carbocycles. The molecule has 21 heavy (non-hydrogen) atoms. The zero-order chi connectivity index (χ0) is 15.0. The fraction of sp³-hybridized carbons (Fsp3) is 0.400. The number of thioether (sulfide) groups is 1. The number of anilines is 1. The molecule has 1 aliphatic rings. The number of amides is 1. The van der Waals surface area contributed by atoms with Crippen molar-refractivity contribution in [2.75, 3.05) is 18.5 Å². The minimum Gasteiger partial charge on any atom is -0.397 e. The lowest BCUT2D eigenvalue weighted by molar-refractivity contribution is 0.0949. The van der Waals surface area contributed by atoms with Crippen LogP contribution < -0.4 is 11.1 Å². The predicted octanol–water partition coefficient (Wildman–Crippen LogP) is 4.26. The third kappa shape index (κ3) is 2.81. The summed E-state index contributed by atoms with van der Waals surface area (Å²) in [6.07, 6.45) is 5.75. The van der Waals surface area contributed by atoms with Gasteiger partial charge in [0.1, 0.15) is 4.88 Å². The Morgan fingerprint density at radius 1 is 1.52 bits per heavy atom. The second kappa shape index (κ2) is 5.82. The molecular formula is C15H17BrN2OS2. The average molecular weight is 385 g/mol. The van der Waals surface area contributed by atoms with Gasteiger partial charge in [0.2, 0.25) is 0 Å². The van der Waals surface area contributed by atoms with Crippen molar-refractivity contribution in [3.8, 4) is 0 Å². The third-order valence-corrected chi connectivity index (χ3v) is 7.24. The van der Waals surface area contributed by atoms with E-state index in [0.29, 0.717) is 10.6 Å². The molecular weight excluding hydrogens is 368 g/mol. The molecule has 0 radical (unpaired) electrons. The Kier molecular flexibility index (Phi) is 4.21. The summed E-state index contributed by atoms with van der Waals surface area (Å²) in [5, 5.41) is 4.02. The van der Waals surface area contributed by atoms with E-state index in [2.05, 4.69) is 27.5 Å². The van der Waals surface area contributed by atoms with Crippen LogP contribution in [-0.2, 0) is 0 Å². The van der Waals surface area contributed by atoms with E-state index in [9.17, 15) is 4.79 Å². The van der Waals surface area contributed by atoms with Gasteiger partial charge < -0.3 is 11.1 Å². The summed E-state index contributed by atoms with van der Waals surface area (Å²) < 4.78 is 2.28. The molecule has 3 nitrogen and oxygen atoms in total. The van der Waals surface area contributed by atoms with E-state index in [1.165, 1.54) is 30.6 Å². The molecule has 1 aromatic heterocycles. The van der Waals surface area contributed by atoms with Gasteiger partial charge in [-0.3, -0.25) is 4.79 Å². The topological polar surface area (TPSA) is 55.1 Å². The van der Waals surface area contributed by atoms with E-state index >= 15 is 0 Å². The molecule has 112 valence electrons. The number of benzene rings is 1. The first-order valence-corrected chi connectivity index (χ1v) is 9.69. The lowest BCUT2D eigenvalue weighted by Crippen LogP contribution is -2.45. The highest BCUT2D eigenvalue weighted by Crippen LogP contribution is 2.42. The number of halogens is 1. The standard InChI is InChI=1S/C15H17BrN2OS2/c1-20-15(5-2-6-15)8-18-14(19)13-12(17)10-4-3-9(16)7-11(10)21-13/h3-4,7H,2,5-6,8,17H2,1H3,(H,18,19). The van der Waals surface area contributed by atoms with Crippen molar-refractivity contribution >= 4 is 60.7 Å². The number of carbonyl (C=O) groups excluding carboxylic acids is 1. The molecule has 0 unspecified atom stereocenters. The molecule has 6 heteroatoms. The van der Waals surface area contributed by atoms with Crippen molar-refractivity contribution < 1.29 is 4.79 Å². The quantitative estimate of drug-likeness (QED) is 0.827. The van der Waals surface area contributed by atoms with Crippen LogP contribution in [0.2, 0.25) is 0 Å². The SMILES string of the molecule is CSC1(CNC(=O)c2sc3cc(Br)ccc3c2N)CCC1. The van der Waals surface area contributed by atoms with Gasteiger partial charge in [0.15, 0.2) is 0 Å². The van der Waals surface area contributed by atoms with Gasteiger partial charge >= 0.3 is 0 Å². The van der Waals surface area contributed by atoms with E-state index in [1.807, 2.05) is 30.0 Å². The van der Waals surface area contributed by atoms with E-state index in [1.54, 1.807) is 0 Å². The maximum atomic E-state index is 12.4. The van der Waals surface area contributed by atoms with Gasteiger partial charge in [-0.15, -0.1) is 11.3 Å². The number of thiophene rings is 1. The number of nitrogen functional groups attached to an aromatic ring is 1. The van der Waals surface area contributed by atoms with E-state index in [0.717, 1.165) is 21.1 Å². The number of nitrogens with one attached hydrogen (secondary N) is 1. The summed E-state index contributed by atoms with van der Waals surface area (Å²) in [4.78, 5) is 13.0. The number of nitrogens with two attached hydrogens (primary N) is 1. The highest BCUT2D eigenvalue weighted by atomic mass is 79.9. The van der Waals surface area contributed by atoms with Gasteiger partial charge in [-0.2, -0.15) is 11.8 Å². The van der Waals surface area contributed by atoms with Crippen molar-refractivity contribution in [2.45, 2.75) is 24.0 Å². The summed E-state index contributed by atoms with van der Waals surface area (Å²) in [6, 6.07) is 5.91. The summed E-state index contributed by atoms with van der Waals surface area (Å²) in [7, 11) is 0. The fourth-order valence-corrected chi connectivity index (χ4v) is 5.11. The summed E-state index contributed by atoms with van der Waals surface area (Å²) in [6.45, 7) is 0.727. The predicted molar refractivity (Wildman–Crippen MR) is 96.4 cm³/mol. The normalized spacial score (nSPS) is 16.7. The summed E-state index contributed by atoms with van der Waals surface area (Å²) in [5.74, 6) is -0.0508. The first-order chi connectivity index (χ1) is 10.0. The molecule has 1 amide bonds. The summed E-state index contributed by atoms with van der Waals surface area (Å²) in [5.41, 5.74) is 6.73. The average Bonchev–Trinajstić information content (AvgIpc) is 2.74. The van der Waals surface area contributed by atoms with Crippen LogP contribution in [0.25, 0.3) is 10.1 Å². The first-order valence-electron chi connectivity index (χ1n) is 6.85. The van der Waals surface area contributed by atoms with Crippen molar-refractivity contribution in [1.82, 2.24) is 5.32 Å². The van der Waals surface area contributed by atoms with Crippen molar-refractivity contribution in [1.29, 1.82) is 0 Å². The maximum absolute atomic E-state index is 12.4. The largest absolute Gasteiger partial charge is 0.397 e. The van der Waals surface area contributed by atoms with Crippen LogP contribution in [0.1, 0.15) is 28.9 Å². The molecule has 1 saturated carbocycles. The Morgan fingerprint density at radius 2 is 2.29 bits per heavy atom. The monoisotopic (exact) mass is 384 g/mol. The second-order valence-corrected chi connectivity index (χ2v) is 8.65. The van der Waals surface area contributed by atoms with E-state index < -0.39 is 0 Å². The Balaban J connectivity index is 1.80. The third-order valence-electron chi connectivity index (χ3n) is 4.17. The van der Waals surface area contributed by atoms with Crippen LogP contribution in [0.3, 0.4) is 0 Å². The highest BCUT2D eigenvalue weighted by Gasteiger charge is 2.36. The Labute approximate surface area is 140 Å². The van der Waals surface area contributed by atoms with Crippen LogP contribution >= 0.6 is 39.0 Å². The molecule has 3 N–H and O–H groups in total. The smallest absolute Gasteiger partial charge is 0.263 e. The lowest BCUT2D eigenvalue weighted by atomic mass is 9.84. The molecule has 0 bridgehead atoms. The van der Waals surface area contributed by atoms with Crippen LogP contribution in [0, 0.1) is 0 Å². The van der Waals surface area contributed by atoms with Gasteiger partial charge in [0.25, 0.3) is 5.91 Å². The van der Waals surface area contributed by atoms with Crippen molar-refractivity contribution in [2.24, 2.45) is 0 Å². The Morgan fingerprint density at radius 3 is 2.90 bits per heavy atom. The van der Waals surface area contributed by atoms with Crippen molar-refractivity contribution in [3.63, 3.8) is 0 Å². The molecule has 1 aliphatic carbocycles. The van der Waals surface area contributed by atoms with Gasteiger partial charge in [-0.05, 0) is 31.2 Å². The number of hydrogen-bond donors (Lipinski definition) is 2. The zero-order valence-electron chi connectivity index (χ0n) is 11.7. The Hall–Kier alpha value is -0.720. The van der Waals surface area contributed by atoms with E-state index in [4.69, 9.17) is 5.73 Å². The Bertz CT molecular complexity index is 689. The minimum absolute atomic E-state index is 0.0508. The first kappa shape index (κ1) is 15.2. The molecule has 3 rings (SSSR count). The van der Waals surface area contributed by atoms with Crippen LogP contribution in [0.4, 0.5) is 5.69 Å². The number of hydrogen-bond acceptors (Lipinski definition) is 4. The number of carbonyl (C=O) groups is 1. The van der Waals surface area contributed by atoms with Crippen LogP contribution in [-0.4, -0.2) is 23.5 Å². The zero-order valence-corrected chi connectivity index (χ0v) is 15.0. The lowest BCUT2D eigenvalue weighted by Gasteiger charge is -2.40. The highest BCUT2D eigenvalue weighted by molar-refractivity contribution is 9.10. The van der Waals surface area contributed by atoms with Crippen LogP contribution in [0.5, 0.6) is 0 Å². The molecule has 2 aromatic rings.